The molecule has 116 valence electrons. The largest absolute Gasteiger partial charge is 0.506 e. The van der Waals surface area contributed by atoms with Crippen molar-refractivity contribution < 1.29 is 14.6 Å². The first-order chi connectivity index (χ1) is 11.2. The standard InChI is InChI=1S/C17H14N2O3S/c1-22-14-9-5-2-6-11(14)10-15-16(21)19-17(23-15)18-12-7-3-4-8-13(12)20/h2-10,20H,1H3,(H,18,19,21)/b15-10+. The molecule has 2 aromatic rings. The van der Waals surface area contributed by atoms with E-state index in [1.54, 1.807) is 37.5 Å². The Labute approximate surface area is 137 Å². The van der Waals surface area contributed by atoms with Crippen LogP contribution in [0.15, 0.2) is 58.4 Å². The van der Waals surface area contributed by atoms with Crippen molar-refractivity contribution in [1.29, 1.82) is 0 Å². The third-order valence-corrected chi connectivity index (χ3v) is 4.09. The number of phenols is 1. The van der Waals surface area contributed by atoms with E-state index in [2.05, 4.69) is 10.3 Å². The summed E-state index contributed by atoms with van der Waals surface area (Å²) < 4.78 is 5.28. The highest BCUT2D eigenvalue weighted by atomic mass is 32.2. The zero-order chi connectivity index (χ0) is 16.2. The maximum absolute atomic E-state index is 12.1. The van der Waals surface area contributed by atoms with Crippen LogP contribution in [0.3, 0.4) is 0 Å². The number of amidine groups is 1. The number of hydrogen-bond acceptors (Lipinski definition) is 5. The van der Waals surface area contributed by atoms with Crippen LogP contribution in [0.4, 0.5) is 5.69 Å². The molecule has 1 heterocycles. The second kappa shape index (κ2) is 6.58. The second-order valence-corrected chi connectivity index (χ2v) is 5.74. The summed E-state index contributed by atoms with van der Waals surface area (Å²) in [6.07, 6.45) is 1.76. The van der Waals surface area contributed by atoms with Gasteiger partial charge in [-0.25, -0.2) is 4.99 Å². The minimum absolute atomic E-state index is 0.0667. The predicted molar refractivity (Wildman–Crippen MR) is 91.9 cm³/mol. The summed E-state index contributed by atoms with van der Waals surface area (Å²) in [5.74, 6) is 0.534. The van der Waals surface area contributed by atoms with Crippen molar-refractivity contribution in [1.82, 2.24) is 5.32 Å². The highest BCUT2D eigenvalue weighted by Gasteiger charge is 2.24. The maximum atomic E-state index is 12.1. The highest BCUT2D eigenvalue weighted by molar-refractivity contribution is 8.18. The molecule has 1 fully saturated rings. The Morgan fingerprint density at radius 1 is 1.17 bits per heavy atom. The molecule has 1 aliphatic rings. The Balaban J connectivity index is 1.88. The molecule has 0 radical (unpaired) electrons. The van der Waals surface area contributed by atoms with Gasteiger partial charge in [0, 0.05) is 5.56 Å². The number of thioether (sulfide) groups is 1. The Morgan fingerprint density at radius 2 is 1.91 bits per heavy atom. The first-order valence-electron chi connectivity index (χ1n) is 6.88. The van der Waals surface area contributed by atoms with E-state index in [9.17, 15) is 9.90 Å². The van der Waals surface area contributed by atoms with Gasteiger partial charge in [-0.2, -0.15) is 0 Å². The monoisotopic (exact) mass is 326 g/mol. The van der Waals surface area contributed by atoms with E-state index < -0.39 is 0 Å². The van der Waals surface area contributed by atoms with Crippen LogP contribution >= 0.6 is 11.8 Å². The minimum Gasteiger partial charge on any atom is -0.506 e. The molecule has 5 nitrogen and oxygen atoms in total. The fourth-order valence-corrected chi connectivity index (χ4v) is 2.90. The third kappa shape index (κ3) is 3.37. The number of aliphatic imine (C=N–C) groups is 1. The van der Waals surface area contributed by atoms with E-state index in [4.69, 9.17) is 4.74 Å². The van der Waals surface area contributed by atoms with Gasteiger partial charge in [0.25, 0.3) is 5.91 Å². The summed E-state index contributed by atoms with van der Waals surface area (Å²) in [6.45, 7) is 0. The maximum Gasteiger partial charge on any atom is 0.264 e. The van der Waals surface area contributed by atoms with E-state index in [0.29, 0.717) is 21.5 Å². The molecule has 0 spiro atoms. The third-order valence-electron chi connectivity index (χ3n) is 3.18. The lowest BCUT2D eigenvalue weighted by Gasteiger charge is -2.03. The van der Waals surface area contributed by atoms with Crippen molar-refractivity contribution >= 4 is 34.6 Å². The van der Waals surface area contributed by atoms with E-state index >= 15 is 0 Å². The van der Waals surface area contributed by atoms with Crippen LogP contribution < -0.4 is 10.1 Å². The van der Waals surface area contributed by atoms with Crippen molar-refractivity contribution in [3.8, 4) is 11.5 Å². The lowest BCUT2D eigenvalue weighted by Crippen LogP contribution is -2.19. The molecule has 1 aliphatic heterocycles. The molecule has 0 aromatic heterocycles. The fraction of sp³-hybridized carbons (Fsp3) is 0.0588. The Bertz CT molecular complexity index is 815. The van der Waals surface area contributed by atoms with Crippen LogP contribution in [0.5, 0.6) is 11.5 Å². The van der Waals surface area contributed by atoms with Gasteiger partial charge < -0.3 is 15.2 Å². The molecule has 0 atom stereocenters. The fourth-order valence-electron chi connectivity index (χ4n) is 2.08. The van der Waals surface area contributed by atoms with E-state index in [1.807, 2.05) is 24.3 Å². The number of nitrogens with one attached hydrogen (secondary N) is 1. The summed E-state index contributed by atoms with van der Waals surface area (Å²) in [6, 6.07) is 14.2. The molecule has 0 aliphatic carbocycles. The normalized spacial score (nSPS) is 17.5. The lowest BCUT2D eigenvalue weighted by atomic mass is 10.2. The van der Waals surface area contributed by atoms with Crippen LogP contribution in [0, 0.1) is 0 Å². The van der Waals surface area contributed by atoms with E-state index in [1.165, 1.54) is 11.8 Å². The van der Waals surface area contributed by atoms with Crippen LogP contribution in [0.1, 0.15) is 5.56 Å². The molecule has 0 unspecified atom stereocenters. The number of amides is 1. The van der Waals surface area contributed by atoms with Gasteiger partial charge in [-0.05, 0) is 36.0 Å². The highest BCUT2D eigenvalue weighted by Crippen LogP contribution is 2.32. The van der Waals surface area contributed by atoms with Crippen LogP contribution in [-0.2, 0) is 4.79 Å². The van der Waals surface area contributed by atoms with Gasteiger partial charge in [0.15, 0.2) is 5.17 Å². The molecular formula is C17H14N2O3S. The topological polar surface area (TPSA) is 70.9 Å². The number of nitrogens with zero attached hydrogens (tertiary/aromatic N) is 1. The van der Waals surface area contributed by atoms with Crippen LogP contribution in [0.2, 0.25) is 0 Å². The van der Waals surface area contributed by atoms with Gasteiger partial charge in [-0.15, -0.1) is 0 Å². The molecular weight excluding hydrogens is 312 g/mol. The molecule has 1 amide bonds. The zero-order valence-electron chi connectivity index (χ0n) is 12.3. The molecule has 2 aromatic carbocycles. The molecule has 1 saturated heterocycles. The van der Waals surface area contributed by atoms with E-state index in [0.717, 1.165) is 5.56 Å². The first kappa shape index (κ1) is 15.2. The average molecular weight is 326 g/mol. The Hall–Kier alpha value is -2.73. The summed E-state index contributed by atoms with van der Waals surface area (Å²) >= 11 is 1.22. The van der Waals surface area contributed by atoms with Gasteiger partial charge in [0.1, 0.15) is 17.2 Å². The van der Waals surface area contributed by atoms with Gasteiger partial charge in [-0.3, -0.25) is 4.79 Å². The summed E-state index contributed by atoms with van der Waals surface area (Å²) in [7, 11) is 1.59. The van der Waals surface area contributed by atoms with Crippen molar-refractivity contribution in [3.05, 3.63) is 59.0 Å². The number of ether oxygens (including phenoxy) is 1. The summed E-state index contributed by atoms with van der Waals surface area (Å²) in [4.78, 5) is 16.9. The number of aromatic hydroxyl groups is 1. The average Bonchev–Trinajstić information content (AvgIpc) is 2.90. The second-order valence-electron chi connectivity index (χ2n) is 4.71. The molecule has 23 heavy (non-hydrogen) atoms. The number of hydrogen-bond donors (Lipinski definition) is 2. The first-order valence-corrected chi connectivity index (χ1v) is 7.69. The molecule has 3 rings (SSSR count). The zero-order valence-corrected chi connectivity index (χ0v) is 13.1. The lowest BCUT2D eigenvalue weighted by molar-refractivity contribution is -0.115. The SMILES string of the molecule is COc1ccccc1/C=C1/SC(=Nc2ccccc2O)NC1=O. The van der Waals surface area contributed by atoms with Crippen molar-refractivity contribution in [2.45, 2.75) is 0 Å². The number of carbonyl (C=O) groups excluding carboxylic acids is 1. The molecule has 6 heteroatoms. The number of methoxy groups -OCH3 is 1. The van der Waals surface area contributed by atoms with Gasteiger partial charge in [-0.1, -0.05) is 30.3 Å². The van der Waals surface area contributed by atoms with Crippen molar-refractivity contribution in [2.75, 3.05) is 7.11 Å². The summed E-state index contributed by atoms with van der Waals surface area (Å²) in [5, 5.41) is 12.9. The van der Waals surface area contributed by atoms with Crippen LogP contribution in [0.25, 0.3) is 6.08 Å². The quantitative estimate of drug-likeness (QED) is 0.849. The Morgan fingerprint density at radius 3 is 2.70 bits per heavy atom. The van der Waals surface area contributed by atoms with Gasteiger partial charge in [0.2, 0.25) is 0 Å². The number of phenolic OH excluding ortho intramolecular Hbond substituents is 1. The predicted octanol–water partition coefficient (Wildman–Crippen LogP) is 3.29. The molecule has 0 saturated carbocycles. The number of rotatable bonds is 3. The van der Waals surface area contributed by atoms with E-state index in [-0.39, 0.29) is 11.7 Å². The van der Waals surface area contributed by atoms with Crippen molar-refractivity contribution in [2.24, 2.45) is 4.99 Å². The minimum atomic E-state index is -0.227. The van der Waals surface area contributed by atoms with Crippen LogP contribution in [-0.4, -0.2) is 23.3 Å². The van der Waals surface area contributed by atoms with Crippen molar-refractivity contribution in [3.63, 3.8) is 0 Å². The smallest absolute Gasteiger partial charge is 0.264 e. The number of para-hydroxylation sites is 3. The molecule has 0 bridgehead atoms. The number of benzene rings is 2. The Kier molecular flexibility index (Phi) is 4.34. The summed E-state index contributed by atoms with van der Waals surface area (Å²) in [5.41, 5.74) is 1.23. The molecule has 2 N–H and O–H groups in total. The number of carbonyl (C=O) groups is 1. The van der Waals surface area contributed by atoms with Gasteiger partial charge >= 0.3 is 0 Å². The van der Waals surface area contributed by atoms with Gasteiger partial charge in [0.05, 0.1) is 12.0 Å².